The van der Waals surface area contributed by atoms with Crippen molar-refractivity contribution in [3.8, 4) is 0 Å². The first-order chi connectivity index (χ1) is 8.19. The van der Waals surface area contributed by atoms with E-state index in [0.717, 1.165) is 28.7 Å². The predicted molar refractivity (Wildman–Crippen MR) is 74.8 cm³/mol. The van der Waals surface area contributed by atoms with Crippen LogP contribution in [0.4, 0.5) is 0 Å². The summed E-state index contributed by atoms with van der Waals surface area (Å²) in [6.45, 7) is 4.04. The van der Waals surface area contributed by atoms with Crippen molar-refractivity contribution < 1.29 is 9.90 Å². The number of thiophene rings is 1. The standard InChI is InChI=1S/C12H18BrNO2S/c1-2-3-5-14(6-7-15)9-11(16)12-10(13)4-8-17-12/h4,8,15H,2-3,5-7,9H2,1H3. The van der Waals surface area contributed by atoms with Gasteiger partial charge < -0.3 is 5.11 Å². The number of carbonyl (C=O) groups is 1. The smallest absolute Gasteiger partial charge is 0.187 e. The summed E-state index contributed by atoms with van der Waals surface area (Å²) in [5.74, 6) is 0.122. The van der Waals surface area contributed by atoms with Crippen molar-refractivity contribution in [1.82, 2.24) is 4.90 Å². The zero-order chi connectivity index (χ0) is 12.7. The van der Waals surface area contributed by atoms with Crippen LogP contribution in [0.5, 0.6) is 0 Å². The third-order valence-electron chi connectivity index (χ3n) is 2.48. The summed E-state index contributed by atoms with van der Waals surface area (Å²) in [5.41, 5.74) is 0. The summed E-state index contributed by atoms with van der Waals surface area (Å²) in [7, 11) is 0. The molecule has 1 aromatic rings. The summed E-state index contributed by atoms with van der Waals surface area (Å²) >= 11 is 4.83. The van der Waals surface area contributed by atoms with Crippen LogP contribution in [0, 0.1) is 0 Å². The molecule has 0 fully saturated rings. The molecule has 0 atom stereocenters. The summed E-state index contributed by atoms with van der Waals surface area (Å²) in [5, 5.41) is 10.9. The van der Waals surface area contributed by atoms with Crippen LogP contribution in [0.25, 0.3) is 0 Å². The number of ketones is 1. The highest BCUT2D eigenvalue weighted by atomic mass is 79.9. The molecule has 0 aromatic carbocycles. The zero-order valence-electron chi connectivity index (χ0n) is 9.99. The molecule has 1 N–H and O–H groups in total. The minimum Gasteiger partial charge on any atom is -0.395 e. The van der Waals surface area contributed by atoms with Crippen LogP contribution in [-0.4, -0.2) is 42.0 Å². The van der Waals surface area contributed by atoms with E-state index >= 15 is 0 Å². The maximum absolute atomic E-state index is 12.0. The molecule has 1 aromatic heterocycles. The molecule has 0 saturated carbocycles. The van der Waals surface area contributed by atoms with Crippen molar-refractivity contribution in [2.24, 2.45) is 0 Å². The Bertz CT molecular complexity index is 354. The van der Waals surface area contributed by atoms with Gasteiger partial charge in [-0.15, -0.1) is 11.3 Å². The van der Waals surface area contributed by atoms with Gasteiger partial charge in [0.25, 0.3) is 0 Å². The first kappa shape index (κ1) is 14.8. The fourth-order valence-electron chi connectivity index (χ4n) is 1.56. The van der Waals surface area contributed by atoms with Crippen molar-refractivity contribution in [3.63, 3.8) is 0 Å². The molecular formula is C12H18BrNO2S. The van der Waals surface area contributed by atoms with E-state index in [2.05, 4.69) is 22.9 Å². The molecule has 0 saturated heterocycles. The van der Waals surface area contributed by atoms with Gasteiger partial charge in [-0.1, -0.05) is 13.3 Å². The highest BCUT2D eigenvalue weighted by Gasteiger charge is 2.15. The molecule has 96 valence electrons. The number of unbranched alkanes of at least 4 members (excludes halogenated alkanes) is 1. The van der Waals surface area contributed by atoms with Gasteiger partial charge in [-0.2, -0.15) is 0 Å². The molecular weight excluding hydrogens is 302 g/mol. The summed E-state index contributed by atoms with van der Waals surface area (Å²) in [4.78, 5) is 14.8. The topological polar surface area (TPSA) is 40.5 Å². The number of Topliss-reactive ketones (excluding diaryl/α,β-unsaturated/α-hetero) is 1. The lowest BCUT2D eigenvalue weighted by Gasteiger charge is -2.19. The first-order valence-electron chi connectivity index (χ1n) is 5.78. The maximum atomic E-state index is 12.0. The first-order valence-corrected chi connectivity index (χ1v) is 7.45. The number of hydrogen-bond acceptors (Lipinski definition) is 4. The number of nitrogens with zero attached hydrogens (tertiary/aromatic N) is 1. The number of aliphatic hydroxyl groups is 1. The lowest BCUT2D eigenvalue weighted by Crippen LogP contribution is -2.33. The molecule has 0 aliphatic rings. The number of carbonyl (C=O) groups excluding carboxylic acids is 1. The molecule has 0 bridgehead atoms. The van der Waals surface area contributed by atoms with Crippen LogP contribution in [-0.2, 0) is 0 Å². The van der Waals surface area contributed by atoms with E-state index in [0.29, 0.717) is 13.1 Å². The van der Waals surface area contributed by atoms with Gasteiger partial charge in [0.15, 0.2) is 5.78 Å². The van der Waals surface area contributed by atoms with Crippen LogP contribution < -0.4 is 0 Å². The van der Waals surface area contributed by atoms with Crippen LogP contribution in [0.15, 0.2) is 15.9 Å². The normalized spacial score (nSPS) is 11.1. The lowest BCUT2D eigenvalue weighted by molar-refractivity contribution is 0.0917. The second kappa shape index (κ2) is 7.97. The van der Waals surface area contributed by atoms with Gasteiger partial charge in [0.05, 0.1) is 18.0 Å². The lowest BCUT2D eigenvalue weighted by atomic mass is 10.2. The Morgan fingerprint density at radius 3 is 2.82 bits per heavy atom. The molecule has 0 spiro atoms. The van der Waals surface area contributed by atoms with E-state index in [4.69, 9.17) is 5.11 Å². The van der Waals surface area contributed by atoms with Crippen molar-refractivity contribution in [3.05, 3.63) is 20.8 Å². The van der Waals surface area contributed by atoms with Gasteiger partial charge in [0.2, 0.25) is 0 Å². The Labute approximate surface area is 115 Å². The highest BCUT2D eigenvalue weighted by molar-refractivity contribution is 9.10. The van der Waals surface area contributed by atoms with Gasteiger partial charge in [-0.25, -0.2) is 0 Å². The van der Waals surface area contributed by atoms with E-state index in [-0.39, 0.29) is 12.4 Å². The van der Waals surface area contributed by atoms with Crippen LogP contribution in [0.3, 0.4) is 0 Å². The Morgan fingerprint density at radius 2 is 2.29 bits per heavy atom. The van der Waals surface area contributed by atoms with Crippen LogP contribution >= 0.6 is 27.3 Å². The second-order valence-corrected chi connectivity index (χ2v) is 5.64. The number of aliphatic hydroxyl groups excluding tert-OH is 1. The fraction of sp³-hybridized carbons (Fsp3) is 0.583. The summed E-state index contributed by atoms with van der Waals surface area (Å²) < 4.78 is 0.868. The van der Waals surface area contributed by atoms with E-state index in [1.807, 2.05) is 16.3 Å². The van der Waals surface area contributed by atoms with Gasteiger partial charge in [0.1, 0.15) is 0 Å². The van der Waals surface area contributed by atoms with E-state index in [1.54, 1.807) is 0 Å². The number of hydrogen-bond donors (Lipinski definition) is 1. The van der Waals surface area contributed by atoms with Gasteiger partial charge in [0, 0.05) is 11.0 Å². The Hall–Kier alpha value is -0.230. The Kier molecular flexibility index (Phi) is 6.96. The molecule has 17 heavy (non-hydrogen) atoms. The van der Waals surface area contributed by atoms with Gasteiger partial charge in [-0.05, 0) is 40.3 Å². The van der Waals surface area contributed by atoms with Crippen LogP contribution in [0.2, 0.25) is 0 Å². The van der Waals surface area contributed by atoms with Crippen molar-refractivity contribution in [2.45, 2.75) is 19.8 Å². The van der Waals surface area contributed by atoms with Gasteiger partial charge >= 0.3 is 0 Å². The van der Waals surface area contributed by atoms with Crippen molar-refractivity contribution in [2.75, 3.05) is 26.2 Å². The number of rotatable bonds is 8. The zero-order valence-corrected chi connectivity index (χ0v) is 12.4. The fourth-order valence-corrected chi connectivity index (χ4v) is 3.09. The quantitative estimate of drug-likeness (QED) is 0.749. The molecule has 1 rings (SSSR count). The molecule has 0 unspecified atom stereocenters. The van der Waals surface area contributed by atoms with Crippen molar-refractivity contribution >= 4 is 33.0 Å². The third-order valence-corrected chi connectivity index (χ3v) is 4.36. The Morgan fingerprint density at radius 1 is 1.53 bits per heavy atom. The molecule has 5 heteroatoms. The van der Waals surface area contributed by atoms with Crippen molar-refractivity contribution in [1.29, 1.82) is 0 Å². The average molecular weight is 320 g/mol. The summed E-state index contributed by atoms with van der Waals surface area (Å²) in [6, 6.07) is 1.89. The predicted octanol–water partition coefficient (Wildman–Crippen LogP) is 2.79. The molecule has 0 aliphatic heterocycles. The molecule has 0 aliphatic carbocycles. The molecule has 0 radical (unpaired) electrons. The Balaban J connectivity index is 2.54. The highest BCUT2D eigenvalue weighted by Crippen LogP contribution is 2.23. The number of halogens is 1. The molecule has 1 heterocycles. The van der Waals surface area contributed by atoms with E-state index in [9.17, 15) is 4.79 Å². The average Bonchev–Trinajstić information content (AvgIpc) is 2.72. The minimum absolute atomic E-state index is 0.0998. The molecule has 3 nitrogen and oxygen atoms in total. The third kappa shape index (κ3) is 4.87. The van der Waals surface area contributed by atoms with Crippen LogP contribution in [0.1, 0.15) is 29.4 Å². The minimum atomic E-state index is 0.0998. The van der Waals surface area contributed by atoms with E-state index in [1.165, 1.54) is 11.3 Å². The maximum Gasteiger partial charge on any atom is 0.187 e. The van der Waals surface area contributed by atoms with Gasteiger partial charge in [-0.3, -0.25) is 9.69 Å². The SMILES string of the molecule is CCCCN(CCO)CC(=O)c1sccc1Br. The largest absolute Gasteiger partial charge is 0.395 e. The monoisotopic (exact) mass is 319 g/mol. The second-order valence-electron chi connectivity index (χ2n) is 3.87. The molecule has 0 amide bonds. The summed E-state index contributed by atoms with van der Waals surface area (Å²) in [6.07, 6.45) is 2.15. The van der Waals surface area contributed by atoms with E-state index < -0.39 is 0 Å².